The fraction of sp³-hybridized carbons (Fsp3) is 0.417. The van der Waals surface area contributed by atoms with E-state index in [-0.39, 0.29) is 5.56 Å². The van der Waals surface area contributed by atoms with E-state index in [4.69, 9.17) is 4.42 Å². The van der Waals surface area contributed by atoms with Crippen molar-refractivity contribution in [3.05, 3.63) is 30.3 Å². The molecular formula is C12H13F2NO. The molecule has 16 heavy (non-hydrogen) atoms. The molecule has 0 aromatic carbocycles. The maximum Gasteiger partial charge on any atom is 0.281 e. The van der Waals surface area contributed by atoms with E-state index in [0.717, 1.165) is 6.26 Å². The van der Waals surface area contributed by atoms with Gasteiger partial charge in [-0.2, -0.15) is 0 Å². The standard InChI is InChI=1S/C12H13F2NO/c1-11(2,3)12(13,14)9-7-16-10-4-5-15-6-8(9)10/h4-7H,1-3H3. The molecule has 0 N–H and O–H groups in total. The lowest BCUT2D eigenvalue weighted by Gasteiger charge is -2.29. The van der Waals surface area contributed by atoms with Crippen molar-refractivity contribution in [2.45, 2.75) is 26.7 Å². The van der Waals surface area contributed by atoms with Crippen molar-refractivity contribution >= 4 is 11.0 Å². The summed E-state index contributed by atoms with van der Waals surface area (Å²) < 4.78 is 33.4. The van der Waals surface area contributed by atoms with Crippen molar-refractivity contribution in [2.75, 3.05) is 0 Å². The molecule has 0 atom stereocenters. The topological polar surface area (TPSA) is 26.0 Å². The van der Waals surface area contributed by atoms with Crippen molar-refractivity contribution in [1.82, 2.24) is 4.98 Å². The molecule has 2 heterocycles. The van der Waals surface area contributed by atoms with Crippen LogP contribution in [-0.4, -0.2) is 4.98 Å². The van der Waals surface area contributed by atoms with Crippen LogP contribution in [0.3, 0.4) is 0 Å². The van der Waals surface area contributed by atoms with Crippen LogP contribution in [0.4, 0.5) is 8.78 Å². The fourth-order valence-corrected chi connectivity index (χ4v) is 1.52. The Labute approximate surface area is 92.3 Å². The van der Waals surface area contributed by atoms with Crippen LogP contribution in [0.5, 0.6) is 0 Å². The Hall–Kier alpha value is -1.45. The van der Waals surface area contributed by atoms with Crippen LogP contribution in [0.25, 0.3) is 11.0 Å². The molecule has 0 saturated carbocycles. The fourth-order valence-electron chi connectivity index (χ4n) is 1.52. The van der Waals surface area contributed by atoms with E-state index in [2.05, 4.69) is 4.98 Å². The number of hydrogen-bond donors (Lipinski definition) is 0. The smallest absolute Gasteiger partial charge is 0.281 e. The number of alkyl halides is 2. The molecule has 0 aliphatic rings. The monoisotopic (exact) mass is 225 g/mol. The summed E-state index contributed by atoms with van der Waals surface area (Å²) in [5.41, 5.74) is -0.809. The molecule has 0 amide bonds. The number of furan rings is 1. The molecular weight excluding hydrogens is 212 g/mol. The van der Waals surface area contributed by atoms with Gasteiger partial charge in [0.15, 0.2) is 0 Å². The number of fused-ring (bicyclic) bond motifs is 1. The minimum atomic E-state index is -2.94. The molecule has 0 unspecified atom stereocenters. The molecule has 0 spiro atoms. The zero-order valence-electron chi connectivity index (χ0n) is 9.42. The normalized spacial score (nSPS) is 13.3. The summed E-state index contributed by atoms with van der Waals surface area (Å²) in [5, 5.41) is 0.377. The first-order valence-corrected chi connectivity index (χ1v) is 5.03. The molecule has 4 heteroatoms. The first kappa shape index (κ1) is 11.0. The van der Waals surface area contributed by atoms with Gasteiger partial charge in [0.05, 0.1) is 5.56 Å². The summed E-state index contributed by atoms with van der Waals surface area (Å²) in [6.45, 7) is 4.51. The van der Waals surface area contributed by atoms with Crippen LogP contribution in [0.1, 0.15) is 26.3 Å². The average Bonchev–Trinajstić information content (AvgIpc) is 2.59. The van der Waals surface area contributed by atoms with Gasteiger partial charge in [-0.1, -0.05) is 20.8 Å². The van der Waals surface area contributed by atoms with Crippen molar-refractivity contribution in [1.29, 1.82) is 0 Å². The summed E-state index contributed by atoms with van der Waals surface area (Å²) in [4.78, 5) is 3.85. The van der Waals surface area contributed by atoms with Crippen molar-refractivity contribution in [3.8, 4) is 0 Å². The highest BCUT2D eigenvalue weighted by Gasteiger charge is 2.46. The van der Waals surface area contributed by atoms with Gasteiger partial charge in [-0.3, -0.25) is 4.98 Å². The zero-order chi connectivity index (χ0) is 12.0. The number of rotatable bonds is 1. The summed E-state index contributed by atoms with van der Waals surface area (Å²) in [7, 11) is 0. The Morgan fingerprint density at radius 3 is 2.56 bits per heavy atom. The number of hydrogen-bond acceptors (Lipinski definition) is 2. The third kappa shape index (κ3) is 1.49. The molecule has 2 aromatic rings. The van der Waals surface area contributed by atoms with Gasteiger partial charge in [0.2, 0.25) is 0 Å². The average molecular weight is 225 g/mol. The Morgan fingerprint density at radius 1 is 1.25 bits per heavy atom. The van der Waals surface area contributed by atoms with E-state index < -0.39 is 11.3 Å². The Kier molecular flexibility index (Phi) is 2.26. The highest BCUT2D eigenvalue weighted by Crippen LogP contribution is 2.46. The predicted molar refractivity (Wildman–Crippen MR) is 57.4 cm³/mol. The van der Waals surface area contributed by atoms with Crippen LogP contribution >= 0.6 is 0 Å². The van der Waals surface area contributed by atoms with Crippen molar-refractivity contribution in [2.24, 2.45) is 5.41 Å². The van der Waals surface area contributed by atoms with Crippen LogP contribution in [0.15, 0.2) is 29.1 Å². The molecule has 0 bridgehead atoms. The van der Waals surface area contributed by atoms with E-state index in [0.29, 0.717) is 11.0 Å². The second kappa shape index (κ2) is 3.27. The maximum absolute atomic E-state index is 14.1. The van der Waals surface area contributed by atoms with E-state index >= 15 is 0 Å². The second-order valence-electron chi connectivity index (χ2n) is 4.85. The summed E-state index contributed by atoms with van der Waals surface area (Å²) in [5.74, 6) is -2.94. The van der Waals surface area contributed by atoms with Gasteiger partial charge in [0.1, 0.15) is 11.8 Å². The Morgan fingerprint density at radius 2 is 1.94 bits per heavy atom. The highest BCUT2D eigenvalue weighted by molar-refractivity contribution is 5.80. The number of aromatic nitrogens is 1. The summed E-state index contributed by atoms with van der Waals surface area (Å²) in [6, 6.07) is 1.58. The van der Waals surface area contributed by atoms with Gasteiger partial charge in [0, 0.05) is 23.2 Å². The van der Waals surface area contributed by atoms with Gasteiger partial charge >= 0.3 is 0 Å². The van der Waals surface area contributed by atoms with Crippen LogP contribution in [0.2, 0.25) is 0 Å². The SMILES string of the molecule is CC(C)(C)C(F)(F)c1coc2ccncc12. The maximum atomic E-state index is 14.1. The minimum Gasteiger partial charge on any atom is -0.464 e. The highest BCUT2D eigenvalue weighted by atomic mass is 19.3. The van der Waals surface area contributed by atoms with E-state index in [1.54, 1.807) is 6.07 Å². The lowest BCUT2D eigenvalue weighted by Crippen LogP contribution is -2.30. The molecule has 0 radical (unpaired) electrons. The van der Waals surface area contributed by atoms with Gasteiger partial charge in [-0.05, 0) is 6.07 Å². The van der Waals surface area contributed by atoms with Crippen molar-refractivity contribution < 1.29 is 13.2 Å². The number of halogens is 2. The van der Waals surface area contributed by atoms with E-state index in [1.165, 1.54) is 33.2 Å². The molecule has 0 fully saturated rings. The second-order valence-corrected chi connectivity index (χ2v) is 4.85. The molecule has 2 nitrogen and oxygen atoms in total. The van der Waals surface area contributed by atoms with Crippen LogP contribution in [-0.2, 0) is 5.92 Å². The van der Waals surface area contributed by atoms with Gasteiger partial charge < -0.3 is 4.42 Å². The van der Waals surface area contributed by atoms with Gasteiger partial charge in [0.25, 0.3) is 5.92 Å². The third-order valence-corrected chi connectivity index (χ3v) is 2.66. The predicted octanol–water partition coefficient (Wildman–Crippen LogP) is 3.97. The van der Waals surface area contributed by atoms with E-state index in [1.807, 2.05) is 0 Å². The van der Waals surface area contributed by atoms with Gasteiger partial charge in [-0.15, -0.1) is 0 Å². The molecule has 2 rings (SSSR count). The lowest BCUT2D eigenvalue weighted by atomic mass is 9.84. The largest absolute Gasteiger partial charge is 0.464 e. The van der Waals surface area contributed by atoms with Crippen molar-refractivity contribution in [3.63, 3.8) is 0 Å². The first-order valence-electron chi connectivity index (χ1n) is 5.03. The molecule has 0 aliphatic heterocycles. The molecule has 86 valence electrons. The van der Waals surface area contributed by atoms with E-state index in [9.17, 15) is 8.78 Å². The Bertz CT molecular complexity index is 511. The molecule has 0 saturated heterocycles. The van der Waals surface area contributed by atoms with Gasteiger partial charge in [-0.25, -0.2) is 8.78 Å². The quantitative estimate of drug-likeness (QED) is 0.734. The zero-order valence-corrected chi connectivity index (χ0v) is 9.42. The number of nitrogens with zero attached hydrogens (tertiary/aromatic N) is 1. The molecule has 0 aliphatic carbocycles. The minimum absolute atomic E-state index is 0.0944. The summed E-state index contributed by atoms with van der Waals surface area (Å²) >= 11 is 0. The lowest BCUT2D eigenvalue weighted by molar-refractivity contribution is -0.103. The third-order valence-electron chi connectivity index (χ3n) is 2.66. The van der Waals surface area contributed by atoms with Crippen LogP contribution < -0.4 is 0 Å². The van der Waals surface area contributed by atoms with Crippen LogP contribution in [0, 0.1) is 5.41 Å². The molecule has 2 aromatic heterocycles. The first-order chi connectivity index (χ1) is 7.34. The Balaban J connectivity index is 2.64. The summed E-state index contributed by atoms with van der Waals surface area (Å²) in [6.07, 6.45) is 4.05. The number of pyridine rings is 1.